The van der Waals surface area contributed by atoms with E-state index in [4.69, 9.17) is 15.1 Å². The first-order valence-electron chi connectivity index (χ1n) is 4.80. The Balaban J connectivity index is 2.78. The maximum absolute atomic E-state index is 11.9. The van der Waals surface area contributed by atoms with Crippen LogP contribution in [0.15, 0.2) is 18.2 Å². The molecule has 0 amide bonds. The fraction of sp³-hybridized carbons (Fsp3) is 0.273. The van der Waals surface area contributed by atoms with E-state index < -0.39 is 25.2 Å². The fourth-order valence-electron chi connectivity index (χ4n) is 1.15. The molecule has 0 saturated carbocycles. The molecule has 0 aliphatic rings. The molecule has 0 unspecified atom stereocenters. The second kappa shape index (κ2) is 5.40. The van der Waals surface area contributed by atoms with Gasteiger partial charge in [0.15, 0.2) is 0 Å². The van der Waals surface area contributed by atoms with Gasteiger partial charge >= 0.3 is 12.1 Å². The smallest absolute Gasteiger partial charge is 0.392 e. The second-order valence-corrected chi connectivity index (χ2v) is 3.34. The maximum atomic E-state index is 11.9. The number of nitriles is 1. The van der Waals surface area contributed by atoms with Crippen molar-refractivity contribution in [2.45, 2.75) is 12.6 Å². The number of nitrogens with zero attached hydrogens (tertiary/aromatic N) is 1. The summed E-state index contributed by atoms with van der Waals surface area (Å²) in [5, 5.41) is 17.4. The van der Waals surface area contributed by atoms with Crippen LogP contribution < -0.4 is 4.74 Å². The molecular formula is C11H8F3NO3. The standard InChI is InChI=1S/C11H8F3NO3/c12-11(13,14)3-4-18-9-2-1-7(10(16)17)5-8(9)6-15/h1-2,5H,3-4H2,(H,16,17). The predicted octanol–water partition coefficient (Wildman–Crippen LogP) is 2.59. The van der Waals surface area contributed by atoms with Crippen LogP contribution in [0.5, 0.6) is 5.75 Å². The highest BCUT2D eigenvalue weighted by molar-refractivity contribution is 5.88. The normalized spacial score (nSPS) is 10.8. The van der Waals surface area contributed by atoms with Crippen LogP contribution in [-0.4, -0.2) is 23.9 Å². The summed E-state index contributed by atoms with van der Waals surface area (Å²) in [6.45, 7) is -0.620. The number of carbonyl (C=O) groups is 1. The fourth-order valence-corrected chi connectivity index (χ4v) is 1.15. The van der Waals surface area contributed by atoms with E-state index in [2.05, 4.69) is 0 Å². The lowest BCUT2D eigenvalue weighted by Gasteiger charge is -2.10. The van der Waals surface area contributed by atoms with Crippen LogP contribution in [0.1, 0.15) is 22.3 Å². The summed E-state index contributed by atoms with van der Waals surface area (Å²) in [5.74, 6) is -1.29. The third-order valence-electron chi connectivity index (χ3n) is 1.99. The number of alkyl halides is 3. The molecule has 0 aliphatic carbocycles. The molecule has 96 valence electrons. The Labute approximate surface area is 100 Å². The molecule has 18 heavy (non-hydrogen) atoms. The van der Waals surface area contributed by atoms with Crippen LogP contribution in [0, 0.1) is 11.3 Å². The minimum absolute atomic E-state index is 0.0632. The van der Waals surface area contributed by atoms with Gasteiger partial charge in [0.25, 0.3) is 0 Å². The summed E-state index contributed by atoms with van der Waals surface area (Å²) < 4.78 is 40.5. The van der Waals surface area contributed by atoms with Crippen molar-refractivity contribution in [2.75, 3.05) is 6.61 Å². The molecule has 4 nitrogen and oxygen atoms in total. The highest BCUT2D eigenvalue weighted by atomic mass is 19.4. The van der Waals surface area contributed by atoms with Crippen LogP contribution in [-0.2, 0) is 0 Å². The van der Waals surface area contributed by atoms with Gasteiger partial charge < -0.3 is 9.84 Å². The van der Waals surface area contributed by atoms with Gasteiger partial charge in [-0.25, -0.2) is 4.79 Å². The molecule has 0 atom stereocenters. The van der Waals surface area contributed by atoms with Crippen molar-refractivity contribution in [2.24, 2.45) is 0 Å². The first-order valence-corrected chi connectivity index (χ1v) is 4.80. The summed E-state index contributed by atoms with van der Waals surface area (Å²) in [6, 6.07) is 5.04. The average molecular weight is 259 g/mol. The monoisotopic (exact) mass is 259 g/mol. The molecule has 1 rings (SSSR count). The number of carboxylic acids is 1. The van der Waals surface area contributed by atoms with Gasteiger partial charge in [0.2, 0.25) is 0 Å². The molecule has 1 aromatic carbocycles. The van der Waals surface area contributed by atoms with E-state index in [0.29, 0.717) is 0 Å². The summed E-state index contributed by atoms with van der Waals surface area (Å²) in [4.78, 5) is 10.6. The lowest BCUT2D eigenvalue weighted by atomic mass is 10.1. The zero-order valence-electron chi connectivity index (χ0n) is 8.99. The molecule has 0 aromatic heterocycles. The Hall–Kier alpha value is -2.23. The molecule has 0 bridgehead atoms. The maximum Gasteiger partial charge on any atom is 0.392 e. The zero-order chi connectivity index (χ0) is 13.8. The van der Waals surface area contributed by atoms with E-state index in [-0.39, 0.29) is 16.9 Å². The number of halogens is 3. The molecule has 1 N–H and O–H groups in total. The van der Waals surface area contributed by atoms with Gasteiger partial charge in [-0.3, -0.25) is 0 Å². The Bertz CT molecular complexity index is 491. The second-order valence-electron chi connectivity index (χ2n) is 3.34. The molecule has 0 saturated heterocycles. The van der Waals surface area contributed by atoms with Crippen molar-refractivity contribution in [1.29, 1.82) is 5.26 Å². The summed E-state index contributed by atoms with van der Waals surface area (Å²) in [7, 11) is 0. The summed E-state index contributed by atoms with van der Waals surface area (Å²) >= 11 is 0. The third kappa shape index (κ3) is 3.97. The van der Waals surface area contributed by atoms with Crippen LogP contribution >= 0.6 is 0 Å². The zero-order valence-corrected chi connectivity index (χ0v) is 8.99. The molecule has 0 radical (unpaired) electrons. The van der Waals surface area contributed by atoms with Crippen LogP contribution in [0.3, 0.4) is 0 Å². The van der Waals surface area contributed by atoms with Crippen molar-refractivity contribution in [3.8, 4) is 11.8 Å². The minimum Gasteiger partial charge on any atom is -0.492 e. The minimum atomic E-state index is -4.34. The number of rotatable bonds is 4. The van der Waals surface area contributed by atoms with Gasteiger partial charge in [0.1, 0.15) is 11.8 Å². The van der Waals surface area contributed by atoms with Gasteiger partial charge in [-0.15, -0.1) is 0 Å². The van der Waals surface area contributed by atoms with E-state index in [1.54, 1.807) is 6.07 Å². The first-order chi connectivity index (χ1) is 8.33. The summed E-state index contributed by atoms with van der Waals surface area (Å²) in [6.07, 6.45) is -5.48. The molecule has 0 spiro atoms. The largest absolute Gasteiger partial charge is 0.492 e. The van der Waals surface area contributed by atoms with Gasteiger partial charge in [-0.2, -0.15) is 18.4 Å². The topological polar surface area (TPSA) is 70.3 Å². The number of benzene rings is 1. The van der Waals surface area contributed by atoms with Crippen molar-refractivity contribution in [1.82, 2.24) is 0 Å². The molecule has 0 heterocycles. The van der Waals surface area contributed by atoms with E-state index in [1.165, 1.54) is 6.07 Å². The highest BCUT2D eigenvalue weighted by Gasteiger charge is 2.27. The lowest BCUT2D eigenvalue weighted by molar-refractivity contribution is -0.139. The highest BCUT2D eigenvalue weighted by Crippen LogP contribution is 2.23. The molecule has 0 fully saturated rings. The molecule has 1 aromatic rings. The first kappa shape index (κ1) is 13.8. The SMILES string of the molecule is N#Cc1cc(C(=O)O)ccc1OCCC(F)(F)F. The number of carboxylic acid groups (broad SMARTS) is 1. The Morgan fingerprint density at radius 1 is 1.44 bits per heavy atom. The number of hydrogen-bond donors (Lipinski definition) is 1. The van der Waals surface area contributed by atoms with E-state index in [0.717, 1.165) is 12.1 Å². The van der Waals surface area contributed by atoms with Crippen LogP contribution in [0.4, 0.5) is 13.2 Å². The summed E-state index contributed by atoms with van der Waals surface area (Å²) in [5.41, 5.74) is -0.244. The van der Waals surface area contributed by atoms with Gasteiger partial charge in [0, 0.05) is 0 Å². The van der Waals surface area contributed by atoms with Crippen LogP contribution in [0.2, 0.25) is 0 Å². The van der Waals surface area contributed by atoms with E-state index in [9.17, 15) is 18.0 Å². The molecule has 0 aliphatic heterocycles. The lowest BCUT2D eigenvalue weighted by Crippen LogP contribution is -2.13. The molecule has 7 heteroatoms. The van der Waals surface area contributed by atoms with Gasteiger partial charge in [0.05, 0.1) is 24.2 Å². The van der Waals surface area contributed by atoms with E-state index >= 15 is 0 Å². The van der Waals surface area contributed by atoms with Gasteiger partial charge in [-0.1, -0.05) is 0 Å². The van der Waals surface area contributed by atoms with Crippen molar-refractivity contribution in [3.05, 3.63) is 29.3 Å². The van der Waals surface area contributed by atoms with Crippen molar-refractivity contribution < 1.29 is 27.8 Å². The van der Waals surface area contributed by atoms with Crippen molar-refractivity contribution in [3.63, 3.8) is 0 Å². The molecular weight excluding hydrogens is 251 g/mol. The predicted molar refractivity (Wildman–Crippen MR) is 54.3 cm³/mol. The van der Waals surface area contributed by atoms with Gasteiger partial charge in [-0.05, 0) is 18.2 Å². The van der Waals surface area contributed by atoms with Crippen LogP contribution in [0.25, 0.3) is 0 Å². The number of hydrogen-bond acceptors (Lipinski definition) is 3. The average Bonchev–Trinajstić information content (AvgIpc) is 2.27. The number of aromatic carboxylic acids is 1. The van der Waals surface area contributed by atoms with Crippen molar-refractivity contribution >= 4 is 5.97 Å². The number of ether oxygens (including phenoxy) is 1. The third-order valence-corrected chi connectivity index (χ3v) is 1.99. The Morgan fingerprint density at radius 3 is 2.61 bits per heavy atom. The quantitative estimate of drug-likeness (QED) is 0.902. The Kier molecular flexibility index (Phi) is 4.15. The Morgan fingerprint density at radius 2 is 2.11 bits per heavy atom. The van der Waals surface area contributed by atoms with E-state index in [1.807, 2.05) is 0 Å².